The number of aryl methyl sites for hydroxylation is 1. The van der Waals surface area contributed by atoms with E-state index in [2.05, 4.69) is 16.9 Å². The third-order valence-corrected chi connectivity index (χ3v) is 4.88. The first-order valence-electron chi connectivity index (χ1n) is 7.56. The Hall–Kier alpha value is -1.72. The molecule has 1 aromatic heterocycles. The summed E-state index contributed by atoms with van der Waals surface area (Å²) in [5.74, 6) is 0.0759. The summed E-state index contributed by atoms with van der Waals surface area (Å²) >= 11 is 1.64. The lowest BCUT2D eigenvalue weighted by molar-refractivity contribution is 0.0959. The molecule has 0 amide bonds. The zero-order valence-electron chi connectivity index (χ0n) is 12.9. The van der Waals surface area contributed by atoms with Crippen molar-refractivity contribution in [3.63, 3.8) is 0 Å². The molecular formula is C17H20N2O2S. The number of carbonyl (C=O) groups is 1. The fourth-order valence-electron chi connectivity index (χ4n) is 2.60. The summed E-state index contributed by atoms with van der Waals surface area (Å²) in [6.07, 6.45) is 2.56. The van der Waals surface area contributed by atoms with Crippen LogP contribution in [0.4, 0.5) is 5.69 Å². The predicted octanol–water partition coefficient (Wildman–Crippen LogP) is 3.47. The minimum Gasteiger partial charge on any atom is -0.376 e. The van der Waals surface area contributed by atoms with E-state index in [0.29, 0.717) is 11.7 Å². The SMILES string of the molecule is CC(=O)c1ccc(N=c2scc(C)n2C[C@H]2CCCO2)cc1. The Labute approximate surface area is 134 Å². The summed E-state index contributed by atoms with van der Waals surface area (Å²) < 4.78 is 7.95. The molecule has 0 saturated carbocycles. The number of carbonyl (C=O) groups excluding carboxylic acids is 1. The fourth-order valence-corrected chi connectivity index (χ4v) is 3.51. The number of ketones is 1. The van der Waals surface area contributed by atoms with Gasteiger partial charge in [0.1, 0.15) is 0 Å². The number of ether oxygens (including phenoxy) is 1. The van der Waals surface area contributed by atoms with E-state index >= 15 is 0 Å². The monoisotopic (exact) mass is 316 g/mol. The first kappa shape index (κ1) is 15.2. The lowest BCUT2D eigenvalue weighted by Crippen LogP contribution is -2.24. The number of nitrogens with zero attached hydrogens (tertiary/aromatic N) is 2. The Bertz CT molecular complexity index is 722. The van der Waals surface area contributed by atoms with Gasteiger partial charge in [0.25, 0.3) is 0 Å². The standard InChI is InChI=1S/C17H20N2O2S/c1-12-11-22-17(19(12)10-16-4-3-9-21-16)18-15-7-5-14(6-8-15)13(2)20/h5-8,11,16H,3-4,9-10H2,1-2H3/t16-/m1/s1. The van der Waals surface area contributed by atoms with Crippen LogP contribution in [0.3, 0.4) is 0 Å². The minimum absolute atomic E-state index is 0.0759. The van der Waals surface area contributed by atoms with Crippen LogP contribution in [0.5, 0.6) is 0 Å². The van der Waals surface area contributed by atoms with E-state index in [1.54, 1.807) is 18.3 Å². The van der Waals surface area contributed by atoms with Crippen LogP contribution in [-0.4, -0.2) is 23.1 Å². The quantitative estimate of drug-likeness (QED) is 0.811. The molecule has 0 aliphatic carbocycles. The lowest BCUT2D eigenvalue weighted by atomic mass is 10.1. The van der Waals surface area contributed by atoms with Gasteiger partial charge in [-0.2, -0.15) is 0 Å². The molecule has 1 aromatic carbocycles. The molecule has 1 saturated heterocycles. The Morgan fingerprint density at radius 2 is 2.18 bits per heavy atom. The molecule has 0 spiro atoms. The molecule has 1 atom stereocenters. The largest absolute Gasteiger partial charge is 0.376 e. The van der Waals surface area contributed by atoms with E-state index in [1.807, 2.05) is 24.3 Å². The molecule has 22 heavy (non-hydrogen) atoms. The van der Waals surface area contributed by atoms with Gasteiger partial charge in [0.2, 0.25) is 0 Å². The lowest BCUT2D eigenvalue weighted by Gasteiger charge is -2.12. The van der Waals surface area contributed by atoms with Crippen molar-refractivity contribution in [3.05, 3.63) is 45.7 Å². The number of benzene rings is 1. The van der Waals surface area contributed by atoms with Gasteiger partial charge in [0.15, 0.2) is 10.6 Å². The fraction of sp³-hybridized carbons (Fsp3) is 0.412. The van der Waals surface area contributed by atoms with Gasteiger partial charge in [0, 0.05) is 23.2 Å². The molecule has 0 bridgehead atoms. The van der Waals surface area contributed by atoms with Gasteiger partial charge in [-0.3, -0.25) is 4.79 Å². The van der Waals surface area contributed by atoms with Gasteiger partial charge in [-0.05, 0) is 51.0 Å². The molecule has 1 aliphatic rings. The number of hydrogen-bond donors (Lipinski definition) is 0. The summed E-state index contributed by atoms with van der Waals surface area (Å²) in [5.41, 5.74) is 2.79. The topological polar surface area (TPSA) is 43.6 Å². The molecule has 0 N–H and O–H groups in total. The van der Waals surface area contributed by atoms with Crippen LogP contribution in [0.1, 0.15) is 35.8 Å². The zero-order valence-corrected chi connectivity index (χ0v) is 13.7. The van der Waals surface area contributed by atoms with E-state index in [0.717, 1.165) is 36.5 Å². The van der Waals surface area contributed by atoms with Crippen molar-refractivity contribution >= 4 is 22.8 Å². The van der Waals surface area contributed by atoms with Crippen molar-refractivity contribution in [2.75, 3.05) is 6.61 Å². The molecule has 0 unspecified atom stereocenters. The summed E-state index contributed by atoms with van der Waals surface area (Å²) in [6, 6.07) is 7.43. The molecule has 3 rings (SSSR count). The highest BCUT2D eigenvalue weighted by Crippen LogP contribution is 2.16. The highest BCUT2D eigenvalue weighted by atomic mass is 32.1. The maximum Gasteiger partial charge on any atom is 0.190 e. The maximum absolute atomic E-state index is 11.3. The molecule has 0 radical (unpaired) electrons. The molecule has 2 heterocycles. The molecule has 4 nitrogen and oxygen atoms in total. The maximum atomic E-state index is 11.3. The Balaban J connectivity index is 1.88. The third kappa shape index (κ3) is 3.36. The van der Waals surface area contributed by atoms with Crippen LogP contribution in [0.2, 0.25) is 0 Å². The van der Waals surface area contributed by atoms with Crippen LogP contribution >= 0.6 is 11.3 Å². The second-order valence-electron chi connectivity index (χ2n) is 5.62. The van der Waals surface area contributed by atoms with E-state index in [-0.39, 0.29) is 5.78 Å². The van der Waals surface area contributed by atoms with Crippen LogP contribution in [0.25, 0.3) is 0 Å². The van der Waals surface area contributed by atoms with Crippen molar-refractivity contribution < 1.29 is 9.53 Å². The molecule has 2 aromatic rings. The van der Waals surface area contributed by atoms with E-state index < -0.39 is 0 Å². The van der Waals surface area contributed by atoms with Gasteiger partial charge in [-0.15, -0.1) is 11.3 Å². The Kier molecular flexibility index (Phi) is 4.55. The highest BCUT2D eigenvalue weighted by Gasteiger charge is 2.17. The minimum atomic E-state index is 0.0759. The van der Waals surface area contributed by atoms with E-state index in [9.17, 15) is 4.79 Å². The average molecular weight is 316 g/mol. The Morgan fingerprint density at radius 3 is 2.82 bits per heavy atom. The summed E-state index contributed by atoms with van der Waals surface area (Å²) in [7, 11) is 0. The molecule has 116 valence electrons. The third-order valence-electron chi connectivity index (χ3n) is 3.90. The normalized spacial score (nSPS) is 18.8. The number of rotatable bonds is 4. The predicted molar refractivity (Wildman–Crippen MR) is 87.7 cm³/mol. The second kappa shape index (κ2) is 6.58. The van der Waals surface area contributed by atoms with Gasteiger partial charge in [-0.1, -0.05) is 0 Å². The van der Waals surface area contributed by atoms with Gasteiger partial charge in [-0.25, -0.2) is 4.99 Å². The van der Waals surface area contributed by atoms with Crippen molar-refractivity contribution in [2.45, 2.75) is 39.3 Å². The molecular weight excluding hydrogens is 296 g/mol. The number of thiazole rings is 1. The molecule has 1 aliphatic heterocycles. The summed E-state index contributed by atoms with van der Waals surface area (Å²) in [4.78, 5) is 17.0. The van der Waals surface area contributed by atoms with Crippen LogP contribution in [0, 0.1) is 6.92 Å². The number of Topliss-reactive ketones (excluding diaryl/α,β-unsaturated/α-hetero) is 1. The van der Waals surface area contributed by atoms with Crippen LogP contribution in [-0.2, 0) is 11.3 Å². The van der Waals surface area contributed by atoms with Crippen LogP contribution in [0.15, 0.2) is 34.6 Å². The summed E-state index contributed by atoms with van der Waals surface area (Å²) in [5, 5.41) is 2.12. The van der Waals surface area contributed by atoms with Gasteiger partial charge in [0.05, 0.1) is 18.3 Å². The Morgan fingerprint density at radius 1 is 1.41 bits per heavy atom. The van der Waals surface area contributed by atoms with E-state index in [4.69, 9.17) is 9.73 Å². The smallest absolute Gasteiger partial charge is 0.190 e. The first-order valence-corrected chi connectivity index (χ1v) is 8.44. The van der Waals surface area contributed by atoms with Crippen LogP contribution < -0.4 is 4.80 Å². The molecule has 5 heteroatoms. The number of hydrogen-bond acceptors (Lipinski definition) is 4. The van der Waals surface area contributed by atoms with Gasteiger partial charge >= 0.3 is 0 Å². The van der Waals surface area contributed by atoms with Gasteiger partial charge < -0.3 is 9.30 Å². The molecule has 1 fully saturated rings. The average Bonchev–Trinajstić information content (AvgIpc) is 3.13. The van der Waals surface area contributed by atoms with Crippen molar-refractivity contribution in [2.24, 2.45) is 4.99 Å². The second-order valence-corrected chi connectivity index (χ2v) is 6.46. The van der Waals surface area contributed by atoms with Crippen molar-refractivity contribution in [3.8, 4) is 0 Å². The number of aromatic nitrogens is 1. The zero-order chi connectivity index (χ0) is 15.5. The highest BCUT2D eigenvalue weighted by molar-refractivity contribution is 7.07. The van der Waals surface area contributed by atoms with Crippen molar-refractivity contribution in [1.29, 1.82) is 0 Å². The first-order chi connectivity index (χ1) is 10.6. The van der Waals surface area contributed by atoms with Crippen molar-refractivity contribution in [1.82, 2.24) is 4.57 Å². The summed E-state index contributed by atoms with van der Waals surface area (Å²) in [6.45, 7) is 5.40. The van der Waals surface area contributed by atoms with E-state index in [1.165, 1.54) is 5.69 Å².